The summed E-state index contributed by atoms with van der Waals surface area (Å²) in [5, 5.41) is 0.496. The number of hydrogen-bond donors (Lipinski definition) is 0. The van der Waals surface area contributed by atoms with Crippen LogP contribution in [0, 0.1) is 6.92 Å². The smallest absolute Gasteiger partial charge is 0.234 e. The zero-order valence-electron chi connectivity index (χ0n) is 13.1. The average molecular weight is 358 g/mol. The van der Waals surface area contributed by atoms with Crippen molar-refractivity contribution in [3.8, 4) is 0 Å². The highest BCUT2D eigenvalue weighted by atomic mass is 35.5. The molecule has 3 aromatic carbocycles. The monoisotopic (exact) mass is 357 g/mol. The Labute approximate surface area is 147 Å². The Balaban J connectivity index is 2.22. The van der Waals surface area contributed by atoms with Crippen LogP contribution < -0.4 is 4.31 Å². The van der Waals surface area contributed by atoms with Gasteiger partial charge in [-0.2, -0.15) is 0 Å². The van der Waals surface area contributed by atoms with Gasteiger partial charge in [-0.05, 0) is 55.0 Å². The predicted molar refractivity (Wildman–Crippen MR) is 98.4 cm³/mol. The molecule has 0 atom stereocenters. The Morgan fingerprint density at radius 1 is 0.792 bits per heavy atom. The molecule has 0 unspecified atom stereocenters. The van der Waals surface area contributed by atoms with E-state index in [1.165, 1.54) is 16.4 Å². The predicted octanol–water partition coefficient (Wildman–Crippen LogP) is 5.18. The van der Waals surface area contributed by atoms with Crippen LogP contribution in [-0.2, 0) is 10.0 Å². The maximum atomic E-state index is 13.3. The number of para-hydroxylation sites is 2. The van der Waals surface area contributed by atoms with Crippen LogP contribution in [0.2, 0.25) is 5.02 Å². The number of anilines is 2. The van der Waals surface area contributed by atoms with Crippen LogP contribution in [0.15, 0.2) is 83.8 Å². The molecule has 0 N–H and O–H groups in total. The van der Waals surface area contributed by atoms with Gasteiger partial charge in [0.15, 0.2) is 0 Å². The Hall–Kier alpha value is -2.30. The summed E-state index contributed by atoms with van der Waals surface area (Å²) in [7, 11) is -3.77. The zero-order chi connectivity index (χ0) is 17.2. The first-order chi connectivity index (χ1) is 11.5. The van der Waals surface area contributed by atoms with Gasteiger partial charge in [0.05, 0.1) is 16.3 Å². The van der Waals surface area contributed by atoms with Crippen molar-refractivity contribution in [2.24, 2.45) is 0 Å². The fourth-order valence-electron chi connectivity index (χ4n) is 2.47. The van der Waals surface area contributed by atoms with E-state index in [9.17, 15) is 8.42 Å². The van der Waals surface area contributed by atoms with Crippen molar-refractivity contribution >= 4 is 33.0 Å². The van der Waals surface area contributed by atoms with E-state index in [4.69, 9.17) is 11.6 Å². The Bertz CT molecular complexity index is 939. The van der Waals surface area contributed by atoms with Gasteiger partial charge < -0.3 is 0 Å². The third-order valence-electron chi connectivity index (χ3n) is 3.68. The molecule has 0 aliphatic rings. The number of benzene rings is 3. The second-order valence-electron chi connectivity index (χ2n) is 5.35. The maximum absolute atomic E-state index is 13.3. The van der Waals surface area contributed by atoms with Crippen LogP contribution in [-0.4, -0.2) is 8.42 Å². The molecular weight excluding hydrogens is 342 g/mol. The summed E-state index contributed by atoms with van der Waals surface area (Å²) in [6.07, 6.45) is 0. The first-order valence-electron chi connectivity index (χ1n) is 7.42. The number of halogens is 1. The van der Waals surface area contributed by atoms with Crippen molar-refractivity contribution in [1.29, 1.82) is 0 Å². The van der Waals surface area contributed by atoms with Crippen LogP contribution >= 0.6 is 11.6 Å². The van der Waals surface area contributed by atoms with Crippen molar-refractivity contribution in [2.45, 2.75) is 11.8 Å². The molecule has 0 bridgehead atoms. The minimum Gasteiger partial charge on any atom is -0.234 e. The van der Waals surface area contributed by atoms with Gasteiger partial charge in [-0.25, -0.2) is 12.7 Å². The maximum Gasteiger partial charge on any atom is 0.268 e. The molecule has 5 heteroatoms. The molecule has 24 heavy (non-hydrogen) atoms. The first-order valence-corrected chi connectivity index (χ1v) is 9.23. The van der Waals surface area contributed by atoms with E-state index in [1.54, 1.807) is 30.3 Å². The molecule has 0 saturated heterocycles. The van der Waals surface area contributed by atoms with Crippen LogP contribution in [0.4, 0.5) is 11.4 Å². The minimum atomic E-state index is -3.77. The lowest BCUT2D eigenvalue weighted by Gasteiger charge is -2.26. The lowest BCUT2D eigenvalue weighted by Crippen LogP contribution is -2.26. The highest BCUT2D eigenvalue weighted by molar-refractivity contribution is 7.93. The molecule has 3 nitrogen and oxygen atoms in total. The minimum absolute atomic E-state index is 0.194. The molecule has 0 heterocycles. The SMILES string of the molecule is Cc1ccccc1N(c1ccccc1)S(=O)(=O)c1ccc(Cl)cc1. The molecule has 0 spiro atoms. The Morgan fingerprint density at radius 2 is 1.38 bits per heavy atom. The lowest BCUT2D eigenvalue weighted by atomic mass is 10.2. The van der Waals surface area contributed by atoms with Gasteiger partial charge >= 0.3 is 0 Å². The summed E-state index contributed by atoms with van der Waals surface area (Å²) in [6, 6.07) is 22.7. The van der Waals surface area contributed by atoms with Gasteiger partial charge in [-0.1, -0.05) is 48.0 Å². The second-order valence-corrected chi connectivity index (χ2v) is 7.57. The Kier molecular flexibility index (Phi) is 4.60. The third-order valence-corrected chi connectivity index (χ3v) is 5.68. The topological polar surface area (TPSA) is 37.4 Å². The van der Waals surface area contributed by atoms with Gasteiger partial charge in [0.25, 0.3) is 10.0 Å². The first kappa shape index (κ1) is 16.6. The molecule has 3 aromatic rings. The van der Waals surface area contributed by atoms with E-state index in [0.717, 1.165) is 5.56 Å². The summed E-state index contributed by atoms with van der Waals surface area (Å²) in [5.41, 5.74) is 2.08. The van der Waals surface area contributed by atoms with Crippen molar-refractivity contribution in [1.82, 2.24) is 0 Å². The molecule has 0 radical (unpaired) electrons. The quantitative estimate of drug-likeness (QED) is 0.645. The van der Waals surface area contributed by atoms with Gasteiger partial charge in [-0.15, -0.1) is 0 Å². The van der Waals surface area contributed by atoms with Gasteiger partial charge in [0, 0.05) is 5.02 Å². The highest BCUT2D eigenvalue weighted by Gasteiger charge is 2.27. The van der Waals surface area contributed by atoms with Crippen molar-refractivity contribution < 1.29 is 8.42 Å². The number of aryl methyl sites for hydroxylation is 1. The zero-order valence-corrected chi connectivity index (χ0v) is 14.6. The largest absolute Gasteiger partial charge is 0.268 e. The van der Waals surface area contributed by atoms with E-state index >= 15 is 0 Å². The fourth-order valence-corrected chi connectivity index (χ4v) is 4.15. The molecule has 0 aliphatic heterocycles. The van der Waals surface area contributed by atoms with E-state index in [-0.39, 0.29) is 4.90 Å². The summed E-state index contributed by atoms with van der Waals surface area (Å²) in [6.45, 7) is 1.89. The average Bonchev–Trinajstić information content (AvgIpc) is 2.58. The standard InChI is InChI=1S/C19H16ClNO2S/c1-15-7-5-6-10-19(15)21(17-8-3-2-4-9-17)24(22,23)18-13-11-16(20)12-14-18/h2-14H,1H3. The lowest BCUT2D eigenvalue weighted by molar-refractivity contribution is 0.596. The third kappa shape index (κ3) is 3.16. The molecule has 0 saturated carbocycles. The molecule has 3 rings (SSSR count). The van der Waals surface area contributed by atoms with E-state index < -0.39 is 10.0 Å². The van der Waals surface area contributed by atoms with Gasteiger partial charge in [-0.3, -0.25) is 0 Å². The van der Waals surface area contributed by atoms with E-state index in [2.05, 4.69) is 0 Å². The fraction of sp³-hybridized carbons (Fsp3) is 0.0526. The second kappa shape index (κ2) is 6.67. The number of rotatable bonds is 4. The molecule has 0 aromatic heterocycles. The molecule has 0 aliphatic carbocycles. The van der Waals surface area contributed by atoms with Crippen LogP contribution in [0.5, 0.6) is 0 Å². The normalized spacial score (nSPS) is 11.2. The van der Waals surface area contributed by atoms with Crippen LogP contribution in [0.3, 0.4) is 0 Å². The number of sulfonamides is 1. The van der Waals surface area contributed by atoms with E-state index in [0.29, 0.717) is 16.4 Å². The molecule has 0 amide bonds. The van der Waals surface area contributed by atoms with Gasteiger partial charge in [0.2, 0.25) is 0 Å². The highest BCUT2D eigenvalue weighted by Crippen LogP contribution is 2.34. The summed E-state index contributed by atoms with van der Waals surface area (Å²) in [4.78, 5) is 0.194. The Morgan fingerprint density at radius 3 is 2.00 bits per heavy atom. The molecule has 122 valence electrons. The molecule has 0 fully saturated rings. The summed E-state index contributed by atoms with van der Waals surface area (Å²) >= 11 is 5.89. The summed E-state index contributed by atoms with van der Waals surface area (Å²) in [5.74, 6) is 0. The number of hydrogen-bond acceptors (Lipinski definition) is 2. The number of nitrogens with zero attached hydrogens (tertiary/aromatic N) is 1. The van der Waals surface area contributed by atoms with Crippen LogP contribution in [0.25, 0.3) is 0 Å². The van der Waals surface area contributed by atoms with Crippen molar-refractivity contribution in [3.63, 3.8) is 0 Å². The van der Waals surface area contributed by atoms with Crippen LogP contribution in [0.1, 0.15) is 5.56 Å². The van der Waals surface area contributed by atoms with Crippen molar-refractivity contribution in [3.05, 3.63) is 89.4 Å². The van der Waals surface area contributed by atoms with Gasteiger partial charge in [0.1, 0.15) is 0 Å². The summed E-state index contributed by atoms with van der Waals surface area (Å²) < 4.78 is 27.9. The molecular formula is C19H16ClNO2S. The van der Waals surface area contributed by atoms with Crippen molar-refractivity contribution in [2.75, 3.05) is 4.31 Å². The van der Waals surface area contributed by atoms with E-state index in [1.807, 2.05) is 43.3 Å².